The number of benzene rings is 1. The molecule has 4 nitrogen and oxygen atoms in total. The van der Waals surface area contributed by atoms with Crippen molar-refractivity contribution in [3.63, 3.8) is 0 Å². The Bertz CT molecular complexity index is 444. The average molecular weight is 233 g/mol. The molecule has 0 aliphatic carbocycles. The molecular formula is C13H19N3O. The lowest BCUT2D eigenvalue weighted by Gasteiger charge is -2.26. The number of amides is 1. The fourth-order valence-corrected chi connectivity index (χ4v) is 2.46. The smallest absolute Gasteiger partial charge is 0.224 e. The summed E-state index contributed by atoms with van der Waals surface area (Å²) in [6.07, 6.45) is 0.423. The molecule has 0 saturated carbocycles. The van der Waals surface area contributed by atoms with Crippen molar-refractivity contribution in [2.45, 2.75) is 32.4 Å². The highest BCUT2D eigenvalue weighted by Gasteiger charge is 2.37. The molecule has 1 aliphatic heterocycles. The third kappa shape index (κ3) is 2.00. The fourth-order valence-electron chi connectivity index (χ4n) is 2.46. The normalized spacial score (nSPS) is 24.4. The molecule has 2 rings (SSSR count). The van der Waals surface area contributed by atoms with Gasteiger partial charge in [0.25, 0.3) is 0 Å². The molecule has 0 bridgehead atoms. The lowest BCUT2D eigenvalue weighted by molar-refractivity contribution is -0.128. The van der Waals surface area contributed by atoms with E-state index >= 15 is 0 Å². The number of nitrogens with two attached hydrogens (primary N) is 2. The topological polar surface area (TPSA) is 72.3 Å². The Morgan fingerprint density at radius 2 is 2.18 bits per heavy atom. The van der Waals surface area contributed by atoms with Gasteiger partial charge in [-0.1, -0.05) is 12.1 Å². The van der Waals surface area contributed by atoms with Crippen molar-refractivity contribution in [3.05, 3.63) is 29.3 Å². The number of hydrogen-bond donors (Lipinski definition) is 2. The van der Waals surface area contributed by atoms with E-state index in [2.05, 4.69) is 0 Å². The Labute approximate surface area is 102 Å². The summed E-state index contributed by atoms with van der Waals surface area (Å²) in [4.78, 5) is 13.6. The molecule has 1 fully saturated rings. The van der Waals surface area contributed by atoms with Crippen molar-refractivity contribution in [1.82, 2.24) is 4.90 Å². The molecule has 1 aromatic rings. The van der Waals surface area contributed by atoms with Gasteiger partial charge in [0.1, 0.15) is 0 Å². The van der Waals surface area contributed by atoms with Crippen LogP contribution in [0.4, 0.5) is 5.69 Å². The highest BCUT2D eigenvalue weighted by Crippen LogP contribution is 2.33. The summed E-state index contributed by atoms with van der Waals surface area (Å²) in [5.41, 5.74) is 14.8. The van der Waals surface area contributed by atoms with Crippen LogP contribution in [-0.2, 0) is 4.79 Å². The summed E-state index contributed by atoms with van der Waals surface area (Å²) >= 11 is 0. The van der Waals surface area contributed by atoms with E-state index in [1.54, 1.807) is 0 Å². The Morgan fingerprint density at radius 3 is 2.76 bits per heavy atom. The summed E-state index contributed by atoms with van der Waals surface area (Å²) < 4.78 is 0. The number of aryl methyl sites for hydroxylation is 1. The van der Waals surface area contributed by atoms with Crippen molar-refractivity contribution in [2.75, 3.05) is 12.3 Å². The van der Waals surface area contributed by atoms with Crippen LogP contribution in [0.5, 0.6) is 0 Å². The number of likely N-dealkylation sites (tertiary alicyclic amines) is 1. The molecule has 0 spiro atoms. The molecule has 4 N–H and O–H groups in total. The van der Waals surface area contributed by atoms with Gasteiger partial charge in [-0.2, -0.15) is 0 Å². The van der Waals surface area contributed by atoms with Gasteiger partial charge in [-0.25, -0.2) is 0 Å². The quantitative estimate of drug-likeness (QED) is 0.754. The fraction of sp³-hybridized carbons (Fsp3) is 0.462. The van der Waals surface area contributed by atoms with Crippen molar-refractivity contribution >= 4 is 11.6 Å². The molecule has 0 radical (unpaired) electrons. The highest BCUT2D eigenvalue weighted by molar-refractivity contribution is 5.80. The predicted octanol–water partition coefficient (Wildman–Crippen LogP) is 1.20. The minimum atomic E-state index is -0.135. The molecule has 2 unspecified atom stereocenters. The molecule has 1 amide bonds. The van der Waals surface area contributed by atoms with E-state index in [9.17, 15) is 4.79 Å². The Hall–Kier alpha value is -1.55. The van der Waals surface area contributed by atoms with Crippen molar-refractivity contribution in [2.24, 2.45) is 5.73 Å². The van der Waals surface area contributed by atoms with Crippen LogP contribution < -0.4 is 11.5 Å². The number of nitrogens with zero attached hydrogens (tertiary/aromatic N) is 1. The molecule has 1 saturated heterocycles. The number of carbonyl (C=O) groups excluding carboxylic acids is 1. The SMILES string of the molecule is CCN1C(=O)CC(N)C1c1ccc(C)c(N)c1. The predicted molar refractivity (Wildman–Crippen MR) is 68.3 cm³/mol. The van der Waals surface area contributed by atoms with Crippen LogP contribution in [0, 0.1) is 6.92 Å². The maximum absolute atomic E-state index is 11.8. The Balaban J connectivity index is 2.37. The van der Waals surface area contributed by atoms with Gasteiger partial charge >= 0.3 is 0 Å². The third-order valence-corrected chi connectivity index (χ3v) is 3.46. The van der Waals surface area contributed by atoms with Gasteiger partial charge in [-0.3, -0.25) is 4.79 Å². The van der Waals surface area contributed by atoms with E-state index in [0.29, 0.717) is 13.0 Å². The van der Waals surface area contributed by atoms with Crippen LogP contribution in [0.2, 0.25) is 0 Å². The molecule has 2 atom stereocenters. The minimum Gasteiger partial charge on any atom is -0.399 e. The van der Waals surface area contributed by atoms with Crippen LogP contribution in [-0.4, -0.2) is 23.4 Å². The monoisotopic (exact) mass is 233 g/mol. The lowest BCUT2D eigenvalue weighted by Crippen LogP contribution is -2.32. The average Bonchev–Trinajstić information content (AvgIpc) is 2.57. The zero-order valence-electron chi connectivity index (χ0n) is 10.3. The van der Waals surface area contributed by atoms with Crippen LogP contribution >= 0.6 is 0 Å². The van der Waals surface area contributed by atoms with Crippen LogP contribution in [0.15, 0.2) is 18.2 Å². The summed E-state index contributed by atoms with van der Waals surface area (Å²) in [5, 5.41) is 0. The third-order valence-electron chi connectivity index (χ3n) is 3.46. The van der Waals surface area contributed by atoms with Gasteiger partial charge in [0.05, 0.1) is 6.04 Å². The van der Waals surface area contributed by atoms with E-state index in [1.807, 2.05) is 36.9 Å². The van der Waals surface area contributed by atoms with Crippen LogP contribution in [0.1, 0.15) is 30.5 Å². The highest BCUT2D eigenvalue weighted by atomic mass is 16.2. The summed E-state index contributed by atoms with van der Waals surface area (Å²) in [7, 11) is 0. The molecule has 17 heavy (non-hydrogen) atoms. The zero-order valence-corrected chi connectivity index (χ0v) is 10.3. The number of anilines is 1. The first-order valence-corrected chi connectivity index (χ1v) is 5.95. The zero-order chi connectivity index (χ0) is 12.6. The van der Waals surface area contributed by atoms with Gasteiger partial charge in [-0.15, -0.1) is 0 Å². The number of carbonyl (C=O) groups is 1. The van der Waals surface area contributed by atoms with Crippen molar-refractivity contribution in [1.29, 1.82) is 0 Å². The second-order valence-electron chi connectivity index (χ2n) is 4.61. The molecule has 4 heteroatoms. The Morgan fingerprint density at radius 1 is 1.47 bits per heavy atom. The van der Waals surface area contributed by atoms with E-state index in [1.165, 1.54) is 0 Å². The second kappa shape index (κ2) is 4.37. The van der Waals surface area contributed by atoms with Gasteiger partial charge in [0.15, 0.2) is 0 Å². The largest absolute Gasteiger partial charge is 0.399 e. The standard InChI is InChI=1S/C13H19N3O/c1-3-16-12(17)7-11(15)13(16)9-5-4-8(2)10(14)6-9/h4-6,11,13H,3,7,14-15H2,1-2H3. The van der Waals surface area contributed by atoms with Crippen LogP contribution in [0.3, 0.4) is 0 Å². The molecule has 1 aliphatic rings. The van der Waals surface area contributed by atoms with Crippen molar-refractivity contribution in [3.8, 4) is 0 Å². The van der Waals surface area contributed by atoms with Gasteiger partial charge in [0, 0.05) is 24.7 Å². The van der Waals surface area contributed by atoms with Crippen LogP contribution in [0.25, 0.3) is 0 Å². The number of nitrogen functional groups attached to an aromatic ring is 1. The lowest BCUT2D eigenvalue weighted by atomic mass is 9.99. The molecule has 92 valence electrons. The molecule has 1 aromatic carbocycles. The number of rotatable bonds is 2. The first-order chi connectivity index (χ1) is 8.04. The Kier molecular flexibility index (Phi) is 3.07. The van der Waals surface area contributed by atoms with E-state index < -0.39 is 0 Å². The maximum atomic E-state index is 11.8. The number of hydrogen-bond acceptors (Lipinski definition) is 3. The maximum Gasteiger partial charge on any atom is 0.224 e. The minimum absolute atomic E-state index is 0.0320. The van der Waals surface area contributed by atoms with E-state index in [0.717, 1.165) is 16.8 Å². The van der Waals surface area contributed by atoms with E-state index in [4.69, 9.17) is 11.5 Å². The van der Waals surface area contributed by atoms with Gasteiger partial charge in [-0.05, 0) is 31.0 Å². The molecule has 1 heterocycles. The first kappa shape index (κ1) is 11.9. The number of likely N-dealkylation sites (N-methyl/N-ethyl adjacent to an activating group) is 1. The molecular weight excluding hydrogens is 214 g/mol. The summed E-state index contributed by atoms with van der Waals surface area (Å²) in [5.74, 6) is 0.129. The summed E-state index contributed by atoms with van der Waals surface area (Å²) in [6.45, 7) is 4.63. The van der Waals surface area contributed by atoms with Gasteiger partial charge < -0.3 is 16.4 Å². The summed E-state index contributed by atoms with van der Waals surface area (Å²) in [6, 6.07) is 5.76. The second-order valence-corrected chi connectivity index (χ2v) is 4.61. The van der Waals surface area contributed by atoms with Gasteiger partial charge in [0.2, 0.25) is 5.91 Å². The van der Waals surface area contributed by atoms with E-state index in [-0.39, 0.29) is 18.0 Å². The first-order valence-electron chi connectivity index (χ1n) is 5.95. The van der Waals surface area contributed by atoms with Crippen molar-refractivity contribution < 1.29 is 4.79 Å². The molecule has 0 aromatic heterocycles.